The quantitative estimate of drug-likeness (QED) is 0.577. The van der Waals surface area contributed by atoms with Crippen LogP contribution in [0.4, 0.5) is 0 Å². The molecule has 4 aromatic rings. The fourth-order valence-electron chi connectivity index (χ4n) is 2.84. The smallest absolute Gasteiger partial charge is 0.248 e. The summed E-state index contributed by atoms with van der Waals surface area (Å²) in [5.74, 6) is 0. The zero-order valence-corrected chi connectivity index (χ0v) is 13.6. The van der Waals surface area contributed by atoms with Gasteiger partial charge >= 0.3 is 0 Å². The van der Waals surface area contributed by atoms with Crippen LogP contribution in [-0.4, -0.2) is 14.4 Å². The van der Waals surface area contributed by atoms with Crippen molar-refractivity contribution in [2.45, 2.75) is 13.8 Å². The first-order chi connectivity index (χ1) is 10.6. The van der Waals surface area contributed by atoms with Gasteiger partial charge in [-0.05, 0) is 55.1 Å². The van der Waals surface area contributed by atoms with E-state index in [9.17, 15) is 4.79 Å². The molecular formula is C18H16ClN3O. The van der Waals surface area contributed by atoms with Gasteiger partial charge in [-0.2, -0.15) is 0 Å². The Morgan fingerprint density at radius 1 is 1.04 bits per heavy atom. The molecule has 0 radical (unpaired) electrons. The fraction of sp³-hybridized carbons (Fsp3) is 0.111. The van der Waals surface area contributed by atoms with Crippen molar-refractivity contribution >= 4 is 29.0 Å². The summed E-state index contributed by atoms with van der Waals surface area (Å²) < 4.78 is 2.10. The van der Waals surface area contributed by atoms with Crippen LogP contribution >= 0.6 is 12.4 Å². The van der Waals surface area contributed by atoms with Crippen LogP contribution < -0.4 is 5.56 Å². The highest BCUT2D eigenvalue weighted by atomic mass is 35.5. The molecule has 0 atom stereocenters. The summed E-state index contributed by atoms with van der Waals surface area (Å²) in [6.07, 6.45) is 2.05. The van der Waals surface area contributed by atoms with E-state index in [1.54, 1.807) is 6.07 Å². The number of nitrogens with zero attached hydrogens (tertiary/aromatic N) is 2. The standard InChI is InChI=1S/C18H15N3O.ClH/c1-11-7-8-21-12(2)18(20-16(21)9-11)14-3-5-15-13(10-14)4-6-17(22)19-15;/h3-10H,1-2H3,(H,19,22);1H. The van der Waals surface area contributed by atoms with Crippen LogP contribution in [0.3, 0.4) is 0 Å². The van der Waals surface area contributed by atoms with Crippen LogP contribution in [0.15, 0.2) is 53.5 Å². The van der Waals surface area contributed by atoms with E-state index in [0.717, 1.165) is 33.5 Å². The van der Waals surface area contributed by atoms with Gasteiger partial charge in [-0.25, -0.2) is 4.98 Å². The number of hydrogen-bond donors (Lipinski definition) is 1. The van der Waals surface area contributed by atoms with Crippen molar-refractivity contribution in [3.63, 3.8) is 0 Å². The molecule has 1 N–H and O–H groups in total. The van der Waals surface area contributed by atoms with E-state index in [2.05, 4.69) is 47.6 Å². The van der Waals surface area contributed by atoms with Gasteiger partial charge in [-0.1, -0.05) is 6.07 Å². The van der Waals surface area contributed by atoms with E-state index in [4.69, 9.17) is 4.98 Å². The minimum Gasteiger partial charge on any atom is -0.322 e. The predicted octanol–water partition coefficient (Wildman–Crippen LogP) is 3.88. The summed E-state index contributed by atoms with van der Waals surface area (Å²) in [6, 6.07) is 13.5. The van der Waals surface area contributed by atoms with E-state index in [-0.39, 0.29) is 18.0 Å². The maximum absolute atomic E-state index is 11.4. The second kappa shape index (κ2) is 5.56. The molecule has 0 fully saturated rings. The molecule has 23 heavy (non-hydrogen) atoms. The number of rotatable bonds is 1. The lowest BCUT2D eigenvalue weighted by atomic mass is 10.1. The number of hydrogen-bond acceptors (Lipinski definition) is 2. The molecule has 3 heterocycles. The largest absolute Gasteiger partial charge is 0.322 e. The van der Waals surface area contributed by atoms with Gasteiger partial charge < -0.3 is 9.38 Å². The Morgan fingerprint density at radius 2 is 1.87 bits per heavy atom. The summed E-state index contributed by atoms with van der Waals surface area (Å²) >= 11 is 0. The summed E-state index contributed by atoms with van der Waals surface area (Å²) in [4.78, 5) is 19.0. The number of halogens is 1. The molecule has 5 heteroatoms. The molecule has 0 bridgehead atoms. The van der Waals surface area contributed by atoms with Gasteiger partial charge in [0.25, 0.3) is 0 Å². The molecule has 0 aliphatic rings. The molecule has 1 aromatic carbocycles. The Kier molecular flexibility index (Phi) is 3.70. The zero-order chi connectivity index (χ0) is 15.3. The highest BCUT2D eigenvalue weighted by molar-refractivity contribution is 5.85. The van der Waals surface area contributed by atoms with Crippen molar-refractivity contribution in [3.05, 3.63) is 70.3 Å². The summed E-state index contributed by atoms with van der Waals surface area (Å²) in [5.41, 5.74) is 6.04. The minimum absolute atomic E-state index is 0. The Hall–Kier alpha value is -2.59. The average Bonchev–Trinajstić information content (AvgIpc) is 2.83. The van der Waals surface area contributed by atoms with Crippen LogP contribution in [0.25, 0.3) is 27.8 Å². The number of benzene rings is 1. The maximum Gasteiger partial charge on any atom is 0.248 e. The van der Waals surface area contributed by atoms with Gasteiger partial charge in [0.05, 0.1) is 5.69 Å². The van der Waals surface area contributed by atoms with Gasteiger partial charge in [-0.3, -0.25) is 4.79 Å². The van der Waals surface area contributed by atoms with E-state index >= 15 is 0 Å². The molecule has 4 nitrogen and oxygen atoms in total. The lowest BCUT2D eigenvalue weighted by Crippen LogP contribution is -2.02. The molecule has 3 aromatic heterocycles. The Morgan fingerprint density at radius 3 is 2.70 bits per heavy atom. The topological polar surface area (TPSA) is 50.2 Å². The maximum atomic E-state index is 11.4. The fourth-order valence-corrected chi connectivity index (χ4v) is 2.84. The monoisotopic (exact) mass is 325 g/mol. The number of aryl methyl sites for hydroxylation is 2. The molecule has 0 saturated heterocycles. The number of H-pyrrole nitrogens is 1. The van der Waals surface area contributed by atoms with E-state index in [1.807, 2.05) is 18.2 Å². The van der Waals surface area contributed by atoms with E-state index < -0.39 is 0 Å². The molecule has 4 rings (SSSR count). The van der Waals surface area contributed by atoms with Gasteiger partial charge in [0.1, 0.15) is 5.65 Å². The first-order valence-corrected chi connectivity index (χ1v) is 7.20. The molecule has 0 saturated carbocycles. The van der Waals surface area contributed by atoms with Crippen molar-refractivity contribution in [3.8, 4) is 11.3 Å². The molecule has 116 valence electrons. The first kappa shape index (κ1) is 15.3. The first-order valence-electron chi connectivity index (χ1n) is 7.20. The van der Waals surface area contributed by atoms with Crippen LogP contribution in [0, 0.1) is 13.8 Å². The summed E-state index contributed by atoms with van der Waals surface area (Å²) in [5, 5.41) is 1.00. The number of imidazole rings is 1. The lowest BCUT2D eigenvalue weighted by molar-refractivity contribution is 1.10. The predicted molar refractivity (Wildman–Crippen MR) is 95.5 cm³/mol. The molecular weight excluding hydrogens is 310 g/mol. The molecule has 0 spiro atoms. The summed E-state index contributed by atoms with van der Waals surface area (Å²) in [7, 11) is 0. The third kappa shape index (κ3) is 2.51. The minimum atomic E-state index is -0.0837. The molecule has 0 unspecified atom stereocenters. The highest BCUT2D eigenvalue weighted by Crippen LogP contribution is 2.26. The third-order valence-corrected chi connectivity index (χ3v) is 4.02. The Balaban J connectivity index is 0.00000156. The average molecular weight is 326 g/mol. The van der Waals surface area contributed by atoms with Crippen LogP contribution in [-0.2, 0) is 0 Å². The number of aromatic nitrogens is 3. The number of pyridine rings is 2. The summed E-state index contributed by atoms with van der Waals surface area (Å²) in [6.45, 7) is 4.14. The van der Waals surface area contributed by atoms with Crippen molar-refractivity contribution in [2.75, 3.05) is 0 Å². The molecule has 0 amide bonds. The lowest BCUT2D eigenvalue weighted by Gasteiger charge is -2.02. The third-order valence-electron chi connectivity index (χ3n) is 4.02. The highest BCUT2D eigenvalue weighted by Gasteiger charge is 2.11. The van der Waals surface area contributed by atoms with Gasteiger partial charge in [0, 0.05) is 29.0 Å². The van der Waals surface area contributed by atoms with Gasteiger partial charge in [0.2, 0.25) is 5.56 Å². The van der Waals surface area contributed by atoms with Crippen molar-refractivity contribution < 1.29 is 0 Å². The second-order valence-corrected chi connectivity index (χ2v) is 5.60. The van der Waals surface area contributed by atoms with Crippen LogP contribution in [0.2, 0.25) is 0 Å². The Bertz CT molecular complexity index is 1080. The van der Waals surface area contributed by atoms with Crippen LogP contribution in [0.5, 0.6) is 0 Å². The number of fused-ring (bicyclic) bond motifs is 2. The molecule has 0 aliphatic heterocycles. The number of nitrogens with one attached hydrogen (secondary N) is 1. The Labute approximate surface area is 139 Å². The van der Waals surface area contributed by atoms with E-state index in [1.165, 1.54) is 5.56 Å². The SMILES string of the molecule is Cc1ccn2c(C)c(-c3ccc4[nH]c(=O)ccc4c3)nc2c1.Cl. The van der Waals surface area contributed by atoms with Crippen molar-refractivity contribution in [1.82, 2.24) is 14.4 Å². The van der Waals surface area contributed by atoms with Crippen molar-refractivity contribution in [1.29, 1.82) is 0 Å². The van der Waals surface area contributed by atoms with Gasteiger partial charge in [-0.15, -0.1) is 12.4 Å². The normalized spacial score (nSPS) is 10.9. The van der Waals surface area contributed by atoms with E-state index in [0.29, 0.717) is 0 Å². The second-order valence-electron chi connectivity index (χ2n) is 5.60. The van der Waals surface area contributed by atoms with Crippen LogP contribution in [0.1, 0.15) is 11.3 Å². The molecule has 0 aliphatic carbocycles. The number of aromatic amines is 1. The van der Waals surface area contributed by atoms with Crippen molar-refractivity contribution in [2.24, 2.45) is 0 Å². The van der Waals surface area contributed by atoms with Gasteiger partial charge in [0.15, 0.2) is 0 Å². The zero-order valence-electron chi connectivity index (χ0n) is 12.8.